The second kappa shape index (κ2) is 3.73. The van der Waals surface area contributed by atoms with Gasteiger partial charge in [-0.15, -0.1) is 0 Å². The fourth-order valence-electron chi connectivity index (χ4n) is 1.15. The van der Waals surface area contributed by atoms with E-state index < -0.39 is 0 Å². The molecule has 0 saturated carbocycles. The Kier molecular flexibility index (Phi) is 2.86. The molecule has 1 heteroatoms. The third kappa shape index (κ3) is 3.02. The Morgan fingerprint density at radius 2 is 2.00 bits per heavy atom. The van der Waals surface area contributed by atoms with E-state index in [1.54, 1.807) is 0 Å². The molecule has 0 aromatic heterocycles. The van der Waals surface area contributed by atoms with E-state index in [0.29, 0.717) is 0 Å². The Morgan fingerprint density at radius 3 is 2.62 bits per heavy atom. The summed E-state index contributed by atoms with van der Waals surface area (Å²) in [6.07, 6.45) is 8.69. The minimum absolute atomic E-state index is 0.137. The summed E-state index contributed by atoms with van der Waals surface area (Å²) in [7, 11) is 0. The van der Waals surface area contributed by atoms with Crippen molar-refractivity contribution in [1.29, 1.82) is 0 Å². The summed E-state index contributed by atoms with van der Waals surface area (Å²) in [5, 5.41) is 0. The highest BCUT2D eigenvalue weighted by atomic mass is 14.7. The second-order valence-electron chi connectivity index (χ2n) is 4.36. The van der Waals surface area contributed by atoms with Crippen molar-refractivity contribution in [2.75, 3.05) is 0 Å². The lowest BCUT2D eigenvalue weighted by Gasteiger charge is -2.21. The molecule has 0 radical (unpaired) electrons. The van der Waals surface area contributed by atoms with E-state index in [0.717, 1.165) is 12.0 Å². The average Bonchev–Trinajstić information content (AvgIpc) is 1.94. The Bertz CT molecular complexity index is 285. The van der Waals surface area contributed by atoms with Gasteiger partial charge < -0.3 is 0 Å². The molecule has 0 amide bonds. The van der Waals surface area contributed by atoms with Gasteiger partial charge in [0.2, 0.25) is 0 Å². The molecule has 13 heavy (non-hydrogen) atoms. The van der Waals surface area contributed by atoms with Crippen LogP contribution in [0.5, 0.6) is 0 Å². The van der Waals surface area contributed by atoms with Crippen LogP contribution >= 0.6 is 0 Å². The van der Waals surface area contributed by atoms with E-state index in [1.165, 1.54) is 5.71 Å². The van der Waals surface area contributed by atoms with Gasteiger partial charge in [-0.1, -0.05) is 39.5 Å². The van der Waals surface area contributed by atoms with Gasteiger partial charge >= 0.3 is 0 Å². The summed E-state index contributed by atoms with van der Waals surface area (Å²) in [6, 6.07) is 0. The van der Waals surface area contributed by atoms with Gasteiger partial charge in [-0.05, 0) is 11.6 Å². The van der Waals surface area contributed by atoms with Crippen LogP contribution in [0.1, 0.15) is 27.2 Å². The molecule has 1 nitrogen and oxygen atoms in total. The topological polar surface area (TPSA) is 12.4 Å². The first-order valence-electron chi connectivity index (χ1n) is 4.58. The molecule has 0 spiro atoms. The van der Waals surface area contributed by atoms with E-state index in [-0.39, 0.29) is 5.41 Å². The van der Waals surface area contributed by atoms with Gasteiger partial charge in [-0.2, -0.15) is 0 Å². The Morgan fingerprint density at radius 1 is 1.31 bits per heavy atom. The first kappa shape index (κ1) is 9.97. The Hall–Kier alpha value is -1.11. The van der Waals surface area contributed by atoms with Crippen LogP contribution < -0.4 is 0 Å². The lowest BCUT2D eigenvalue weighted by Crippen LogP contribution is -2.20. The zero-order chi connectivity index (χ0) is 9.90. The van der Waals surface area contributed by atoms with Gasteiger partial charge in [0.1, 0.15) is 0 Å². The van der Waals surface area contributed by atoms with E-state index in [9.17, 15) is 0 Å². The minimum Gasteiger partial charge on any atom is -0.265 e. The molecule has 0 N–H and O–H groups in total. The van der Waals surface area contributed by atoms with Crippen LogP contribution in [0, 0.1) is 5.41 Å². The van der Waals surface area contributed by atoms with Gasteiger partial charge in [0.15, 0.2) is 0 Å². The van der Waals surface area contributed by atoms with Crippen molar-refractivity contribution in [3.8, 4) is 0 Å². The molecule has 0 fully saturated rings. The van der Waals surface area contributed by atoms with Crippen LogP contribution in [0.3, 0.4) is 0 Å². The molecule has 70 valence electrons. The summed E-state index contributed by atoms with van der Waals surface area (Å²) in [5.41, 5.74) is 2.45. The molecule has 0 aromatic carbocycles. The van der Waals surface area contributed by atoms with E-state index in [1.807, 2.05) is 24.4 Å². The first-order chi connectivity index (χ1) is 6.00. The van der Waals surface area contributed by atoms with Crippen LogP contribution in [-0.2, 0) is 0 Å². The van der Waals surface area contributed by atoms with Crippen LogP contribution in [0.4, 0.5) is 0 Å². The number of hydrogen-bond acceptors (Lipinski definition) is 1. The molecule has 1 rings (SSSR count). The molecule has 0 aromatic rings. The summed E-state index contributed by atoms with van der Waals surface area (Å²) in [5.74, 6) is 0. The van der Waals surface area contributed by atoms with E-state index in [4.69, 9.17) is 0 Å². The van der Waals surface area contributed by atoms with Crippen molar-refractivity contribution in [2.24, 2.45) is 10.4 Å². The van der Waals surface area contributed by atoms with Crippen molar-refractivity contribution in [3.05, 3.63) is 36.6 Å². The van der Waals surface area contributed by atoms with Gasteiger partial charge in [-0.25, -0.2) is 0 Å². The SMILES string of the molecule is C=C1\C=C/C=C\N=C(\C(C)(C)C)C1. The minimum atomic E-state index is 0.137. The molecular formula is C12H17N. The number of allylic oxidation sites excluding steroid dienone is 4. The van der Waals surface area contributed by atoms with Crippen LogP contribution in [0.2, 0.25) is 0 Å². The fourth-order valence-corrected chi connectivity index (χ4v) is 1.15. The quantitative estimate of drug-likeness (QED) is 0.534. The van der Waals surface area contributed by atoms with E-state index >= 15 is 0 Å². The van der Waals surface area contributed by atoms with Crippen molar-refractivity contribution >= 4 is 5.71 Å². The smallest absolute Gasteiger partial charge is 0.0276 e. The largest absolute Gasteiger partial charge is 0.265 e. The van der Waals surface area contributed by atoms with Gasteiger partial charge in [0.05, 0.1) is 0 Å². The van der Waals surface area contributed by atoms with Crippen molar-refractivity contribution in [2.45, 2.75) is 27.2 Å². The normalized spacial score (nSPS) is 27.0. The lowest BCUT2D eigenvalue weighted by molar-refractivity contribution is 0.582. The molecular weight excluding hydrogens is 158 g/mol. The van der Waals surface area contributed by atoms with Gasteiger partial charge in [-0.3, -0.25) is 4.99 Å². The molecule has 0 unspecified atom stereocenters. The van der Waals surface area contributed by atoms with Crippen molar-refractivity contribution in [3.63, 3.8) is 0 Å². The molecule has 0 saturated heterocycles. The molecule has 0 atom stereocenters. The summed E-state index contributed by atoms with van der Waals surface area (Å²) in [6.45, 7) is 10.5. The van der Waals surface area contributed by atoms with Crippen LogP contribution in [0.15, 0.2) is 41.6 Å². The molecule has 0 bridgehead atoms. The van der Waals surface area contributed by atoms with Crippen LogP contribution in [0.25, 0.3) is 0 Å². The molecule has 1 heterocycles. The third-order valence-electron chi connectivity index (χ3n) is 2.02. The van der Waals surface area contributed by atoms with Crippen LogP contribution in [-0.4, -0.2) is 5.71 Å². The lowest BCUT2D eigenvalue weighted by atomic mass is 9.86. The maximum Gasteiger partial charge on any atom is 0.0276 e. The number of hydrogen-bond donors (Lipinski definition) is 0. The Labute approximate surface area is 80.6 Å². The van der Waals surface area contributed by atoms with Crippen molar-refractivity contribution < 1.29 is 0 Å². The molecule has 0 aliphatic carbocycles. The number of rotatable bonds is 0. The monoisotopic (exact) mass is 175 g/mol. The van der Waals surface area contributed by atoms with E-state index in [2.05, 4.69) is 32.3 Å². The maximum atomic E-state index is 4.43. The predicted molar refractivity (Wildman–Crippen MR) is 58.9 cm³/mol. The summed E-state index contributed by atoms with van der Waals surface area (Å²) in [4.78, 5) is 4.43. The van der Waals surface area contributed by atoms with Gasteiger partial charge in [0.25, 0.3) is 0 Å². The maximum absolute atomic E-state index is 4.43. The zero-order valence-electron chi connectivity index (χ0n) is 8.67. The fraction of sp³-hybridized carbons (Fsp3) is 0.417. The average molecular weight is 175 g/mol. The zero-order valence-corrected chi connectivity index (χ0v) is 8.67. The van der Waals surface area contributed by atoms with Gasteiger partial charge in [0, 0.05) is 23.7 Å². The first-order valence-corrected chi connectivity index (χ1v) is 4.58. The highest BCUT2D eigenvalue weighted by molar-refractivity contribution is 5.92. The Balaban J connectivity index is 2.92. The summed E-state index contributed by atoms with van der Waals surface area (Å²) < 4.78 is 0. The number of aliphatic imine (C=N–C) groups is 1. The standard InChI is InChI=1S/C12H17N/c1-10-7-5-6-8-13-11(9-10)12(2,3)4/h5-8H,1,9H2,2-4H3/b7-5-,8-6-,13-11+. The third-order valence-corrected chi connectivity index (χ3v) is 2.02. The number of nitrogens with zero attached hydrogens (tertiary/aromatic N) is 1. The van der Waals surface area contributed by atoms with Crippen molar-refractivity contribution in [1.82, 2.24) is 0 Å². The summed E-state index contributed by atoms with van der Waals surface area (Å²) >= 11 is 0. The highest BCUT2D eigenvalue weighted by Gasteiger charge is 2.18. The second-order valence-corrected chi connectivity index (χ2v) is 4.36. The molecule has 1 aliphatic rings. The molecule has 1 aliphatic heterocycles. The highest BCUT2D eigenvalue weighted by Crippen LogP contribution is 2.22. The predicted octanol–water partition coefficient (Wildman–Crippen LogP) is 3.50.